The molecule has 3 aliphatic rings. The van der Waals surface area contributed by atoms with Gasteiger partial charge in [-0.05, 0) is 78.7 Å². The van der Waals surface area contributed by atoms with Gasteiger partial charge in [-0.2, -0.15) is 0 Å². The van der Waals surface area contributed by atoms with E-state index in [1.54, 1.807) is 55.6 Å². The first kappa shape index (κ1) is 26.2. The molecule has 7 heteroatoms. The number of hydrogen-bond donors (Lipinski definition) is 1. The third kappa shape index (κ3) is 3.61. The number of carbonyl (C=O) groups is 3. The second-order valence-electron chi connectivity index (χ2n) is 11.0. The molecule has 1 spiro atoms. The average molecular weight is 575 g/mol. The van der Waals surface area contributed by atoms with Crippen molar-refractivity contribution >= 4 is 46.0 Å². The predicted molar refractivity (Wildman–Crippen MR) is 163 cm³/mol. The van der Waals surface area contributed by atoms with Gasteiger partial charge in [-0.3, -0.25) is 14.4 Å². The number of benzene rings is 4. The lowest BCUT2D eigenvalue weighted by molar-refractivity contribution is -0.121. The Bertz CT molecular complexity index is 1800. The van der Waals surface area contributed by atoms with E-state index in [4.69, 9.17) is 16.3 Å². The summed E-state index contributed by atoms with van der Waals surface area (Å²) in [6.07, 6.45) is 2.05. The molecular formula is C35H27ClN2O4. The Morgan fingerprint density at radius 3 is 2.24 bits per heavy atom. The number of anilines is 2. The lowest BCUT2D eigenvalue weighted by Gasteiger charge is -2.39. The summed E-state index contributed by atoms with van der Waals surface area (Å²) in [5.41, 5.74) is 3.58. The van der Waals surface area contributed by atoms with Crippen LogP contribution in [-0.2, 0) is 10.2 Å². The quantitative estimate of drug-likeness (QED) is 0.272. The van der Waals surface area contributed by atoms with Crippen LogP contribution in [0.1, 0.15) is 38.8 Å². The van der Waals surface area contributed by atoms with Crippen molar-refractivity contribution in [2.45, 2.75) is 24.4 Å². The maximum absolute atomic E-state index is 14.8. The third-order valence-corrected chi connectivity index (χ3v) is 9.19. The summed E-state index contributed by atoms with van der Waals surface area (Å²) in [7, 11) is 1.57. The Balaban J connectivity index is 1.53. The molecule has 0 aromatic heterocycles. The highest BCUT2D eigenvalue weighted by Crippen LogP contribution is 2.58. The van der Waals surface area contributed by atoms with Gasteiger partial charge in [0, 0.05) is 33.1 Å². The maximum atomic E-state index is 14.8. The van der Waals surface area contributed by atoms with Crippen molar-refractivity contribution in [2.24, 2.45) is 5.92 Å². The Morgan fingerprint density at radius 1 is 0.857 bits per heavy atom. The molecule has 1 amide bonds. The summed E-state index contributed by atoms with van der Waals surface area (Å²) in [5, 5.41) is 3.56. The Labute approximate surface area is 248 Å². The van der Waals surface area contributed by atoms with E-state index in [1.807, 2.05) is 66.4 Å². The summed E-state index contributed by atoms with van der Waals surface area (Å²) >= 11 is 6.19. The SMILES string of the molecule is COc1ccc(C(=O)[C@@H]2[C@H](C(=O)c3ccc(Cl)cc3)[C@]3(C(=O)Nc4ccccc43)[C@H]3C=C(C)c4ccccc4N23)cc1. The zero-order valence-electron chi connectivity index (χ0n) is 23.0. The molecule has 6 nitrogen and oxygen atoms in total. The summed E-state index contributed by atoms with van der Waals surface area (Å²) in [6, 6.07) is 27.3. The van der Waals surface area contributed by atoms with Gasteiger partial charge in [-0.1, -0.05) is 54.1 Å². The minimum atomic E-state index is -1.37. The summed E-state index contributed by atoms with van der Waals surface area (Å²) in [4.78, 5) is 46.0. The van der Waals surface area contributed by atoms with Gasteiger partial charge in [0.05, 0.1) is 19.1 Å². The number of ether oxygens (including phenoxy) is 1. The first-order chi connectivity index (χ1) is 20.4. The lowest BCUT2D eigenvalue weighted by Crippen LogP contribution is -2.51. The van der Waals surface area contributed by atoms with Gasteiger partial charge in [0.2, 0.25) is 5.91 Å². The molecule has 0 aliphatic carbocycles. The molecule has 0 unspecified atom stereocenters. The van der Waals surface area contributed by atoms with Crippen molar-refractivity contribution in [3.05, 3.63) is 130 Å². The van der Waals surface area contributed by atoms with Crippen molar-refractivity contribution in [3.63, 3.8) is 0 Å². The van der Waals surface area contributed by atoms with Crippen LogP contribution in [0.4, 0.5) is 11.4 Å². The van der Waals surface area contributed by atoms with E-state index in [0.29, 0.717) is 33.1 Å². The molecule has 4 aromatic rings. The fourth-order valence-electron chi connectivity index (χ4n) is 7.11. The third-order valence-electron chi connectivity index (χ3n) is 8.94. The number of fused-ring (bicyclic) bond motifs is 6. The molecular weight excluding hydrogens is 548 g/mol. The molecule has 3 heterocycles. The first-order valence-electron chi connectivity index (χ1n) is 13.8. The number of halogens is 1. The Kier molecular flexibility index (Phi) is 6.06. The smallest absolute Gasteiger partial charge is 0.238 e. The topological polar surface area (TPSA) is 75.7 Å². The van der Waals surface area contributed by atoms with Gasteiger partial charge in [-0.25, -0.2) is 0 Å². The molecule has 208 valence electrons. The predicted octanol–water partition coefficient (Wildman–Crippen LogP) is 6.59. The number of nitrogens with one attached hydrogen (secondary N) is 1. The highest BCUT2D eigenvalue weighted by atomic mass is 35.5. The molecule has 0 bridgehead atoms. The zero-order chi connectivity index (χ0) is 29.2. The first-order valence-corrected chi connectivity index (χ1v) is 14.2. The number of nitrogens with zero attached hydrogens (tertiary/aromatic N) is 1. The molecule has 1 N–H and O–H groups in total. The Hall–Kier alpha value is -4.68. The number of methoxy groups -OCH3 is 1. The second kappa shape index (κ2) is 9.71. The number of Topliss-reactive ketones (excluding diaryl/α,β-unsaturated/α-hetero) is 2. The van der Waals surface area contributed by atoms with E-state index in [9.17, 15) is 14.4 Å². The molecule has 1 saturated heterocycles. The molecule has 4 aromatic carbocycles. The van der Waals surface area contributed by atoms with Gasteiger partial charge in [0.15, 0.2) is 11.6 Å². The number of amides is 1. The van der Waals surface area contributed by atoms with Gasteiger partial charge in [0.1, 0.15) is 17.2 Å². The van der Waals surface area contributed by atoms with Gasteiger partial charge < -0.3 is 15.0 Å². The zero-order valence-corrected chi connectivity index (χ0v) is 23.8. The largest absolute Gasteiger partial charge is 0.497 e. The monoisotopic (exact) mass is 574 g/mol. The molecule has 1 fully saturated rings. The van der Waals surface area contributed by atoms with Gasteiger partial charge >= 0.3 is 0 Å². The summed E-state index contributed by atoms with van der Waals surface area (Å²) in [5.74, 6) is -1.25. The minimum absolute atomic E-state index is 0.244. The molecule has 7 rings (SSSR count). The fourth-order valence-corrected chi connectivity index (χ4v) is 7.23. The number of ketones is 2. The van der Waals surface area contributed by atoms with Crippen LogP contribution in [0, 0.1) is 5.92 Å². The molecule has 0 saturated carbocycles. The van der Waals surface area contributed by atoms with Gasteiger partial charge in [0.25, 0.3) is 0 Å². The van der Waals surface area contributed by atoms with Crippen molar-refractivity contribution in [1.82, 2.24) is 0 Å². The summed E-state index contributed by atoms with van der Waals surface area (Å²) < 4.78 is 5.33. The van der Waals surface area contributed by atoms with Crippen LogP contribution in [-0.4, -0.2) is 36.7 Å². The van der Waals surface area contributed by atoms with Crippen molar-refractivity contribution in [2.75, 3.05) is 17.3 Å². The fraction of sp³-hybridized carbons (Fsp3) is 0.171. The van der Waals surface area contributed by atoms with Gasteiger partial charge in [-0.15, -0.1) is 0 Å². The summed E-state index contributed by atoms with van der Waals surface area (Å²) in [6.45, 7) is 2.01. The normalized spacial score (nSPS) is 23.5. The molecule has 0 radical (unpaired) electrons. The van der Waals surface area contributed by atoms with E-state index >= 15 is 0 Å². The second-order valence-corrected chi connectivity index (χ2v) is 11.4. The van der Waals surface area contributed by atoms with Crippen molar-refractivity contribution in [3.8, 4) is 5.75 Å². The van der Waals surface area contributed by atoms with E-state index in [0.717, 1.165) is 16.8 Å². The average Bonchev–Trinajstić information content (AvgIpc) is 3.49. The standard InChI is InChI=1S/C35H27ClN2O4/c1-20-19-29-35(26-8-4-5-9-27(26)37-34(35)41)30(32(39)21-11-15-23(36)16-12-21)31(38(29)28-10-6-3-7-25(20)28)33(40)22-13-17-24(42-2)18-14-22/h3-19,29-31H,1-2H3,(H,37,41)/t29-,30-,31+,35-/m1/s1. The number of carbonyl (C=O) groups excluding carboxylic acids is 3. The van der Waals surface area contributed by atoms with Crippen LogP contribution in [0.3, 0.4) is 0 Å². The number of allylic oxidation sites excluding steroid dienone is 1. The Morgan fingerprint density at radius 2 is 1.50 bits per heavy atom. The van der Waals surface area contributed by atoms with Crippen LogP contribution in [0.25, 0.3) is 5.57 Å². The van der Waals surface area contributed by atoms with Crippen LogP contribution in [0.2, 0.25) is 5.02 Å². The molecule has 42 heavy (non-hydrogen) atoms. The lowest BCUT2D eigenvalue weighted by atomic mass is 9.64. The van der Waals surface area contributed by atoms with E-state index in [1.165, 1.54) is 0 Å². The van der Waals surface area contributed by atoms with Crippen LogP contribution >= 0.6 is 11.6 Å². The molecule has 4 atom stereocenters. The highest BCUT2D eigenvalue weighted by molar-refractivity contribution is 6.30. The number of hydrogen-bond acceptors (Lipinski definition) is 5. The van der Waals surface area contributed by atoms with Crippen LogP contribution in [0.15, 0.2) is 103 Å². The van der Waals surface area contributed by atoms with Crippen molar-refractivity contribution in [1.29, 1.82) is 0 Å². The highest BCUT2D eigenvalue weighted by Gasteiger charge is 2.70. The van der Waals surface area contributed by atoms with E-state index < -0.39 is 23.4 Å². The number of para-hydroxylation sites is 2. The van der Waals surface area contributed by atoms with Crippen molar-refractivity contribution < 1.29 is 19.1 Å². The van der Waals surface area contributed by atoms with E-state index in [2.05, 4.69) is 5.32 Å². The maximum Gasteiger partial charge on any atom is 0.238 e. The van der Waals surface area contributed by atoms with Crippen LogP contribution < -0.4 is 15.0 Å². The minimum Gasteiger partial charge on any atom is -0.497 e. The van der Waals surface area contributed by atoms with E-state index in [-0.39, 0.29) is 17.5 Å². The van der Waals surface area contributed by atoms with Crippen LogP contribution in [0.5, 0.6) is 5.75 Å². The number of rotatable bonds is 5. The molecule has 3 aliphatic heterocycles.